The first-order valence-electron chi connectivity index (χ1n) is 8.82. The molecular weight excluding hydrogens is 360 g/mol. The summed E-state index contributed by atoms with van der Waals surface area (Å²) in [5, 5.41) is 6.75. The first-order chi connectivity index (χ1) is 13.3. The largest absolute Gasteiger partial charge is 0.492 e. The molecule has 3 aromatic rings. The molecule has 0 fully saturated rings. The number of aryl methyl sites for hydroxylation is 1. The van der Waals surface area contributed by atoms with Crippen LogP contribution in [0.2, 0.25) is 0 Å². The van der Waals surface area contributed by atoms with Gasteiger partial charge in [0.1, 0.15) is 12.4 Å². The molecule has 2 amide bonds. The van der Waals surface area contributed by atoms with Crippen LogP contribution >= 0.6 is 11.8 Å². The summed E-state index contributed by atoms with van der Waals surface area (Å²) >= 11 is 1.75. The molecule has 2 aromatic carbocycles. The highest BCUT2D eigenvalue weighted by molar-refractivity contribution is 7.99. The molecule has 4 rings (SSSR count). The fourth-order valence-electron chi connectivity index (χ4n) is 2.87. The fourth-order valence-corrected chi connectivity index (χ4v) is 3.81. The monoisotopic (exact) mass is 380 g/mol. The molecule has 0 bridgehead atoms. The first-order valence-corrected chi connectivity index (χ1v) is 9.80. The third-order valence-electron chi connectivity index (χ3n) is 4.15. The maximum absolute atomic E-state index is 12.2. The average Bonchev–Trinajstić information content (AvgIpc) is 3.29. The van der Waals surface area contributed by atoms with Gasteiger partial charge in [-0.25, -0.2) is 9.78 Å². The maximum Gasteiger partial charge on any atom is 0.319 e. The van der Waals surface area contributed by atoms with E-state index in [0.717, 1.165) is 40.1 Å². The lowest BCUT2D eigenvalue weighted by Gasteiger charge is -2.11. The highest BCUT2D eigenvalue weighted by atomic mass is 32.2. The Morgan fingerprint density at radius 3 is 2.81 bits per heavy atom. The maximum atomic E-state index is 12.2. The minimum absolute atomic E-state index is 0.264. The number of imidazole rings is 1. The lowest BCUT2D eigenvalue weighted by molar-refractivity contribution is 0.247. The third-order valence-corrected chi connectivity index (χ3v) is 5.12. The Bertz CT molecular complexity index is 905. The van der Waals surface area contributed by atoms with Crippen LogP contribution in [0.5, 0.6) is 5.75 Å². The zero-order valence-electron chi connectivity index (χ0n) is 14.7. The molecule has 2 heterocycles. The van der Waals surface area contributed by atoms with Crippen molar-refractivity contribution in [2.45, 2.75) is 11.7 Å². The number of rotatable bonds is 6. The SMILES string of the molecule is O=C(NCCOc1ccccc1)Nc1ccccc1-c1cn2c(n1)SCC2. The van der Waals surface area contributed by atoms with Gasteiger partial charge in [-0.3, -0.25) is 0 Å². The molecule has 1 aromatic heterocycles. The summed E-state index contributed by atoms with van der Waals surface area (Å²) in [6.45, 7) is 1.80. The van der Waals surface area contributed by atoms with E-state index in [9.17, 15) is 4.79 Å². The number of aromatic nitrogens is 2. The number of urea groups is 1. The summed E-state index contributed by atoms with van der Waals surface area (Å²) in [5.74, 6) is 1.85. The van der Waals surface area contributed by atoms with Crippen LogP contribution < -0.4 is 15.4 Å². The van der Waals surface area contributed by atoms with Crippen LogP contribution in [0.4, 0.5) is 10.5 Å². The van der Waals surface area contributed by atoms with E-state index in [-0.39, 0.29) is 6.03 Å². The number of anilines is 1. The molecule has 2 N–H and O–H groups in total. The van der Waals surface area contributed by atoms with Crippen molar-refractivity contribution >= 4 is 23.5 Å². The van der Waals surface area contributed by atoms with Gasteiger partial charge in [0.2, 0.25) is 0 Å². The number of carbonyl (C=O) groups excluding carboxylic acids is 1. The van der Waals surface area contributed by atoms with Crippen molar-refractivity contribution in [3.63, 3.8) is 0 Å². The summed E-state index contributed by atoms with van der Waals surface area (Å²) in [7, 11) is 0. The van der Waals surface area contributed by atoms with E-state index in [1.54, 1.807) is 11.8 Å². The number of hydrogen-bond acceptors (Lipinski definition) is 4. The zero-order valence-corrected chi connectivity index (χ0v) is 15.5. The number of amides is 2. The molecule has 6 nitrogen and oxygen atoms in total. The fraction of sp³-hybridized carbons (Fsp3) is 0.200. The van der Waals surface area contributed by atoms with Crippen LogP contribution in [0.15, 0.2) is 66.0 Å². The number of thioether (sulfide) groups is 1. The van der Waals surface area contributed by atoms with Gasteiger partial charge < -0.3 is 19.9 Å². The third kappa shape index (κ3) is 4.25. The van der Waals surface area contributed by atoms with Gasteiger partial charge in [-0.05, 0) is 18.2 Å². The van der Waals surface area contributed by atoms with E-state index in [4.69, 9.17) is 4.74 Å². The van der Waals surface area contributed by atoms with Gasteiger partial charge in [-0.2, -0.15) is 0 Å². The second kappa shape index (κ2) is 8.18. The molecule has 0 spiro atoms. The standard InChI is InChI=1S/C20H20N4O2S/c25-19(21-10-12-26-15-6-2-1-3-7-15)22-17-9-5-4-8-16(17)18-14-24-11-13-27-20(24)23-18/h1-9,14H,10-13H2,(H2,21,22,25). The van der Waals surface area contributed by atoms with E-state index < -0.39 is 0 Å². The summed E-state index contributed by atoms with van der Waals surface area (Å²) in [5.41, 5.74) is 2.52. The van der Waals surface area contributed by atoms with Crippen molar-refractivity contribution in [2.24, 2.45) is 0 Å². The molecule has 0 saturated carbocycles. The second-order valence-corrected chi connectivity index (χ2v) is 7.10. The second-order valence-electron chi connectivity index (χ2n) is 6.04. The number of hydrogen-bond donors (Lipinski definition) is 2. The van der Waals surface area contributed by atoms with Crippen LogP contribution in [0.1, 0.15) is 0 Å². The number of para-hydroxylation sites is 2. The Balaban J connectivity index is 1.34. The number of nitrogens with zero attached hydrogens (tertiary/aromatic N) is 2. The Hall–Kier alpha value is -2.93. The molecule has 0 saturated heterocycles. The quantitative estimate of drug-likeness (QED) is 0.637. The van der Waals surface area contributed by atoms with Crippen LogP contribution in [0, 0.1) is 0 Å². The van der Waals surface area contributed by atoms with Crippen molar-refractivity contribution in [2.75, 3.05) is 24.2 Å². The Morgan fingerprint density at radius 2 is 1.96 bits per heavy atom. The van der Waals surface area contributed by atoms with Crippen molar-refractivity contribution < 1.29 is 9.53 Å². The number of nitrogens with one attached hydrogen (secondary N) is 2. The summed E-state index contributed by atoms with van der Waals surface area (Å²) in [6, 6.07) is 17.0. The number of carbonyl (C=O) groups is 1. The number of fused-ring (bicyclic) bond motifs is 1. The molecule has 0 atom stereocenters. The normalized spacial score (nSPS) is 12.4. The number of benzene rings is 2. The van der Waals surface area contributed by atoms with E-state index in [1.807, 2.05) is 60.8 Å². The van der Waals surface area contributed by atoms with Crippen LogP contribution in [-0.2, 0) is 6.54 Å². The van der Waals surface area contributed by atoms with Gasteiger partial charge in [-0.1, -0.05) is 48.2 Å². The molecule has 0 aliphatic carbocycles. The van der Waals surface area contributed by atoms with E-state index >= 15 is 0 Å². The van der Waals surface area contributed by atoms with Gasteiger partial charge in [-0.15, -0.1) is 0 Å². The zero-order chi connectivity index (χ0) is 18.5. The predicted molar refractivity (Wildman–Crippen MR) is 107 cm³/mol. The van der Waals surface area contributed by atoms with Gasteiger partial charge in [0.05, 0.1) is 17.9 Å². The molecule has 1 aliphatic rings. The van der Waals surface area contributed by atoms with E-state index in [0.29, 0.717) is 13.2 Å². The van der Waals surface area contributed by atoms with Crippen molar-refractivity contribution in [3.8, 4) is 17.0 Å². The highest BCUT2D eigenvalue weighted by Gasteiger charge is 2.17. The highest BCUT2D eigenvalue weighted by Crippen LogP contribution is 2.32. The van der Waals surface area contributed by atoms with Crippen molar-refractivity contribution in [1.82, 2.24) is 14.9 Å². The lowest BCUT2D eigenvalue weighted by Crippen LogP contribution is -2.32. The van der Waals surface area contributed by atoms with Gasteiger partial charge >= 0.3 is 6.03 Å². The lowest BCUT2D eigenvalue weighted by atomic mass is 10.1. The summed E-state index contributed by atoms with van der Waals surface area (Å²) < 4.78 is 7.73. The van der Waals surface area contributed by atoms with Crippen LogP contribution in [0.3, 0.4) is 0 Å². The van der Waals surface area contributed by atoms with E-state index in [1.165, 1.54) is 0 Å². The predicted octanol–water partition coefficient (Wildman–Crippen LogP) is 3.86. The molecule has 1 aliphatic heterocycles. The van der Waals surface area contributed by atoms with Crippen molar-refractivity contribution in [1.29, 1.82) is 0 Å². The summed E-state index contributed by atoms with van der Waals surface area (Å²) in [4.78, 5) is 16.9. The molecular formula is C20H20N4O2S. The molecule has 0 radical (unpaired) electrons. The minimum Gasteiger partial charge on any atom is -0.492 e. The summed E-state index contributed by atoms with van der Waals surface area (Å²) in [6.07, 6.45) is 2.04. The first kappa shape index (κ1) is 17.5. The van der Waals surface area contributed by atoms with Crippen molar-refractivity contribution in [3.05, 3.63) is 60.8 Å². The smallest absolute Gasteiger partial charge is 0.319 e. The number of ether oxygens (including phenoxy) is 1. The Kier molecular flexibility index (Phi) is 5.29. The molecule has 7 heteroatoms. The molecule has 0 unspecified atom stereocenters. The Morgan fingerprint density at radius 1 is 1.15 bits per heavy atom. The van der Waals surface area contributed by atoms with E-state index in [2.05, 4.69) is 20.2 Å². The molecule has 138 valence electrons. The minimum atomic E-state index is -0.264. The van der Waals surface area contributed by atoms with Gasteiger partial charge in [0.25, 0.3) is 0 Å². The van der Waals surface area contributed by atoms with Crippen LogP contribution in [0.25, 0.3) is 11.3 Å². The molecule has 27 heavy (non-hydrogen) atoms. The Labute approximate surface area is 162 Å². The average molecular weight is 380 g/mol. The van der Waals surface area contributed by atoms with Crippen LogP contribution in [-0.4, -0.2) is 34.5 Å². The van der Waals surface area contributed by atoms with Gasteiger partial charge in [0.15, 0.2) is 5.16 Å². The van der Waals surface area contributed by atoms with Gasteiger partial charge in [0, 0.05) is 24.1 Å². The topological polar surface area (TPSA) is 68.2 Å².